The second-order valence-electron chi connectivity index (χ2n) is 4.52. The molecule has 0 radical (unpaired) electrons. The summed E-state index contributed by atoms with van der Waals surface area (Å²) < 4.78 is 5.26. The van der Waals surface area contributed by atoms with Crippen LogP contribution in [0.15, 0.2) is 21.5 Å². The van der Waals surface area contributed by atoms with Gasteiger partial charge in [-0.3, -0.25) is 9.79 Å². The average molecular weight is 250 g/mol. The van der Waals surface area contributed by atoms with Gasteiger partial charge in [0.2, 0.25) is 0 Å². The molecule has 2 rings (SSSR count). The van der Waals surface area contributed by atoms with Crippen LogP contribution < -0.4 is 16.4 Å². The number of hydrogen-bond acceptors (Lipinski definition) is 3. The molecule has 1 amide bonds. The Hall–Kier alpha value is -1.98. The molecule has 6 heteroatoms. The van der Waals surface area contributed by atoms with Gasteiger partial charge in [0.1, 0.15) is 5.76 Å². The Kier molecular flexibility index (Phi) is 3.55. The largest absolute Gasteiger partial charge is 0.454 e. The van der Waals surface area contributed by atoms with E-state index in [2.05, 4.69) is 22.5 Å². The number of nitrogens with one attached hydrogen (secondary N) is 2. The maximum Gasteiger partial charge on any atom is 0.284 e. The Morgan fingerprint density at radius 3 is 2.83 bits per heavy atom. The molecule has 0 spiro atoms. The highest BCUT2D eigenvalue weighted by molar-refractivity contribution is 5.89. The van der Waals surface area contributed by atoms with Crippen LogP contribution in [0.1, 0.15) is 29.7 Å². The fraction of sp³-hybridized carbons (Fsp3) is 0.500. The molecular weight excluding hydrogens is 232 g/mol. The van der Waals surface area contributed by atoms with E-state index in [0.29, 0.717) is 24.3 Å². The molecule has 4 N–H and O–H groups in total. The molecular formula is C12H18N4O2. The van der Waals surface area contributed by atoms with Crippen LogP contribution in [0.3, 0.4) is 0 Å². The molecule has 18 heavy (non-hydrogen) atoms. The van der Waals surface area contributed by atoms with E-state index in [1.807, 2.05) is 0 Å². The number of nitrogens with two attached hydrogens (primary N) is 1. The second-order valence-corrected chi connectivity index (χ2v) is 4.52. The molecule has 1 aliphatic rings. The lowest BCUT2D eigenvalue weighted by Gasteiger charge is -2.10. The molecule has 1 fully saturated rings. The molecule has 0 bridgehead atoms. The molecule has 98 valence electrons. The zero-order valence-electron chi connectivity index (χ0n) is 10.6. The Balaban J connectivity index is 1.83. The number of guanidine groups is 1. The molecule has 1 aliphatic carbocycles. The Morgan fingerprint density at radius 1 is 1.61 bits per heavy atom. The van der Waals surface area contributed by atoms with Gasteiger partial charge in [-0.25, -0.2) is 0 Å². The van der Waals surface area contributed by atoms with Crippen LogP contribution in [-0.2, 0) is 6.54 Å². The summed E-state index contributed by atoms with van der Waals surface area (Å²) in [6.07, 6.45) is 1.17. The minimum atomic E-state index is -0.560. The van der Waals surface area contributed by atoms with E-state index in [4.69, 9.17) is 10.2 Å². The van der Waals surface area contributed by atoms with E-state index < -0.39 is 5.91 Å². The number of amides is 1. The molecule has 0 saturated heterocycles. The summed E-state index contributed by atoms with van der Waals surface area (Å²) in [5.74, 6) is 1.70. The van der Waals surface area contributed by atoms with Crippen LogP contribution in [0, 0.1) is 5.92 Å². The van der Waals surface area contributed by atoms with Crippen LogP contribution in [0.2, 0.25) is 0 Å². The van der Waals surface area contributed by atoms with Crippen molar-refractivity contribution in [2.24, 2.45) is 16.6 Å². The fourth-order valence-corrected chi connectivity index (χ4v) is 1.67. The van der Waals surface area contributed by atoms with Crippen molar-refractivity contribution in [1.82, 2.24) is 10.6 Å². The Bertz CT molecular complexity index is 466. The van der Waals surface area contributed by atoms with E-state index >= 15 is 0 Å². The summed E-state index contributed by atoms with van der Waals surface area (Å²) in [6, 6.07) is 3.80. The number of primary amides is 1. The van der Waals surface area contributed by atoms with Gasteiger partial charge in [0, 0.05) is 13.1 Å². The third-order valence-corrected chi connectivity index (χ3v) is 2.99. The molecule has 1 heterocycles. The summed E-state index contributed by atoms with van der Waals surface area (Å²) in [5, 5.41) is 6.42. The lowest BCUT2D eigenvalue weighted by atomic mass is 10.4. The SMILES string of the molecule is CN=C(NCc1ccc(C(N)=O)o1)NC1CC1C. The number of carbonyl (C=O) groups is 1. The molecule has 0 aromatic carbocycles. The topological polar surface area (TPSA) is 92.6 Å². The number of hydrogen-bond donors (Lipinski definition) is 3. The van der Waals surface area contributed by atoms with Gasteiger partial charge in [-0.2, -0.15) is 0 Å². The Morgan fingerprint density at radius 2 is 2.33 bits per heavy atom. The van der Waals surface area contributed by atoms with Gasteiger partial charge in [-0.1, -0.05) is 6.92 Å². The first-order chi connectivity index (χ1) is 8.60. The second kappa shape index (κ2) is 5.12. The minimum absolute atomic E-state index is 0.172. The van der Waals surface area contributed by atoms with Crippen molar-refractivity contribution in [3.63, 3.8) is 0 Å². The minimum Gasteiger partial charge on any atom is -0.454 e. The highest BCUT2D eigenvalue weighted by Crippen LogP contribution is 2.28. The lowest BCUT2D eigenvalue weighted by Crippen LogP contribution is -2.38. The van der Waals surface area contributed by atoms with Crippen molar-refractivity contribution in [3.8, 4) is 0 Å². The van der Waals surface area contributed by atoms with Crippen molar-refractivity contribution in [2.45, 2.75) is 25.9 Å². The van der Waals surface area contributed by atoms with Crippen LogP contribution in [0.5, 0.6) is 0 Å². The third kappa shape index (κ3) is 3.03. The van der Waals surface area contributed by atoms with Crippen molar-refractivity contribution < 1.29 is 9.21 Å². The molecule has 1 aromatic rings. The van der Waals surface area contributed by atoms with E-state index in [-0.39, 0.29) is 5.76 Å². The maximum atomic E-state index is 10.9. The van der Waals surface area contributed by atoms with Gasteiger partial charge < -0.3 is 20.8 Å². The van der Waals surface area contributed by atoms with Crippen molar-refractivity contribution >= 4 is 11.9 Å². The molecule has 2 unspecified atom stereocenters. The summed E-state index contributed by atoms with van der Waals surface area (Å²) in [4.78, 5) is 15.0. The fourth-order valence-electron chi connectivity index (χ4n) is 1.67. The highest BCUT2D eigenvalue weighted by Gasteiger charge is 2.33. The number of aliphatic imine (C=N–C) groups is 1. The standard InChI is InChI=1S/C12H18N4O2/c1-7-5-9(7)16-12(14-2)15-6-8-3-4-10(18-8)11(13)17/h3-4,7,9H,5-6H2,1-2H3,(H2,13,17)(H2,14,15,16). The quantitative estimate of drug-likeness (QED) is 0.534. The zero-order chi connectivity index (χ0) is 13.1. The summed E-state index contributed by atoms with van der Waals surface area (Å²) in [6.45, 7) is 2.66. The summed E-state index contributed by atoms with van der Waals surface area (Å²) >= 11 is 0. The van der Waals surface area contributed by atoms with Gasteiger partial charge >= 0.3 is 0 Å². The van der Waals surface area contributed by atoms with E-state index in [9.17, 15) is 4.79 Å². The molecule has 1 aromatic heterocycles. The van der Waals surface area contributed by atoms with Gasteiger partial charge in [-0.15, -0.1) is 0 Å². The predicted octanol–water partition coefficient (Wildman–Crippen LogP) is 0.452. The molecule has 0 aliphatic heterocycles. The van der Waals surface area contributed by atoms with Gasteiger partial charge in [0.25, 0.3) is 5.91 Å². The number of carbonyl (C=O) groups excluding carboxylic acids is 1. The van der Waals surface area contributed by atoms with Crippen molar-refractivity contribution in [2.75, 3.05) is 7.05 Å². The van der Waals surface area contributed by atoms with Crippen molar-refractivity contribution in [1.29, 1.82) is 0 Å². The summed E-state index contributed by atoms with van der Waals surface area (Å²) in [5.41, 5.74) is 5.11. The first-order valence-corrected chi connectivity index (χ1v) is 5.96. The van der Waals surface area contributed by atoms with Crippen molar-refractivity contribution in [3.05, 3.63) is 23.7 Å². The zero-order valence-corrected chi connectivity index (χ0v) is 10.6. The van der Waals surface area contributed by atoms with E-state index in [0.717, 1.165) is 5.96 Å². The lowest BCUT2D eigenvalue weighted by molar-refractivity contribution is 0.0972. The van der Waals surface area contributed by atoms with E-state index in [1.165, 1.54) is 6.42 Å². The molecule has 6 nitrogen and oxygen atoms in total. The summed E-state index contributed by atoms with van der Waals surface area (Å²) in [7, 11) is 1.72. The average Bonchev–Trinajstić information content (AvgIpc) is 2.84. The smallest absolute Gasteiger partial charge is 0.284 e. The number of rotatable bonds is 4. The van der Waals surface area contributed by atoms with E-state index in [1.54, 1.807) is 19.2 Å². The van der Waals surface area contributed by atoms with Crippen LogP contribution in [0.4, 0.5) is 0 Å². The number of nitrogens with zero attached hydrogens (tertiary/aromatic N) is 1. The predicted molar refractivity (Wildman–Crippen MR) is 68.1 cm³/mol. The highest BCUT2D eigenvalue weighted by atomic mass is 16.3. The Labute approximate surface area is 106 Å². The van der Waals surface area contributed by atoms with Crippen LogP contribution >= 0.6 is 0 Å². The van der Waals surface area contributed by atoms with Gasteiger partial charge in [-0.05, 0) is 24.5 Å². The van der Waals surface area contributed by atoms with Gasteiger partial charge in [0.15, 0.2) is 11.7 Å². The van der Waals surface area contributed by atoms with Gasteiger partial charge in [0.05, 0.1) is 6.54 Å². The normalized spacial score (nSPS) is 22.7. The van der Waals surface area contributed by atoms with Crippen LogP contribution in [0.25, 0.3) is 0 Å². The maximum absolute atomic E-state index is 10.9. The molecule has 2 atom stereocenters. The number of furan rings is 1. The molecule has 1 saturated carbocycles. The first-order valence-electron chi connectivity index (χ1n) is 5.96. The van der Waals surface area contributed by atoms with Crippen LogP contribution in [-0.4, -0.2) is 25.0 Å². The third-order valence-electron chi connectivity index (χ3n) is 2.99. The monoisotopic (exact) mass is 250 g/mol. The first kappa shape index (κ1) is 12.5.